The minimum Gasteiger partial charge on any atom is -0.287 e. The van der Waals surface area contributed by atoms with E-state index < -0.39 is 8.80 Å². The fourth-order valence-electron chi connectivity index (χ4n) is 2.11. The zero-order chi connectivity index (χ0) is 11.7. The van der Waals surface area contributed by atoms with Crippen molar-refractivity contribution in [3.05, 3.63) is 18.2 Å². The Kier molecular flexibility index (Phi) is 14.9. The van der Waals surface area contributed by atoms with E-state index in [2.05, 4.69) is 38.2 Å². The Labute approximate surface area is 156 Å². The Hall–Kier alpha value is 0.947. The molecule has 0 radical (unpaired) electrons. The molecule has 0 amide bonds. The third-order valence-electron chi connectivity index (χ3n) is 2.95. The molecule has 0 spiro atoms. The van der Waals surface area contributed by atoms with Crippen molar-refractivity contribution in [3.63, 3.8) is 0 Å². The van der Waals surface area contributed by atoms with Gasteiger partial charge in [0.1, 0.15) is 5.37 Å². The molecule has 1 heterocycles. The number of anilines is 1. The Balaban J connectivity index is -0.000000722. The number of hydroxylamine groups is 1. The molecular weight excluding hydrogens is 363 g/mol. The molecule has 0 fully saturated rings. The lowest BCUT2D eigenvalue weighted by Crippen LogP contribution is -2.33. The molecule has 1 unspecified atom stereocenters. The quantitative estimate of drug-likeness (QED) is 0.803. The van der Waals surface area contributed by atoms with E-state index in [4.69, 9.17) is 0 Å². The standard InChI is InChI=1S/C12H19NOSSi.4H2S/c1-4-6-11-13(14)12-9(15-11)7-5-8-10(12)16(2)3;;;;/h5,7-8,11,14,16H,4,6H2,1-3H3;4*1H2. The summed E-state index contributed by atoms with van der Waals surface area (Å²) in [4.78, 5) is 1.25. The summed E-state index contributed by atoms with van der Waals surface area (Å²) in [5.41, 5.74) is 1.09. The maximum absolute atomic E-state index is 10.2. The number of para-hydroxylation sites is 1. The number of hydrogen-bond donors (Lipinski definition) is 1. The van der Waals surface area contributed by atoms with E-state index in [9.17, 15) is 5.21 Å². The minimum atomic E-state index is -0.875. The van der Waals surface area contributed by atoms with Gasteiger partial charge in [-0.15, -0.1) is 0 Å². The molecule has 0 bridgehead atoms. The van der Waals surface area contributed by atoms with Crippen molar-refractivity contribution in [2.24, 2.45) is 0 Å². The first-order chi connectivity index (χ1) is 7.65. The first-order valence-corrected chi connectivity index (χ1v) is 9.69. The monoisotopic (exact) mass is 389 g/mol. The van der Waals surface area contributed by atoms with Crippen LogP contribution in [0, 0.1) is 0 Å². The summed E-state index contributed by atoms with van der Waals surface area (Å²) in [5.74, 6) is 0. The zero-order valence-electron chi connectivity index (χ0n) is 12.1. The molecule has 20 heavy (non-hydrogen) atoms. The van der Waals surface area contributed by atoms with Crippen LogP contribution in [0.3, 0.4) is 0 Å². The van der Waals surface area contributed by atoms with Crippen LogP contribution in [0.2, 0.25) is 13.1 Å². The van der Waals surface area contributed by atoms with Gasteiger partial charge in [0.25, 0.3) is 0 Å². The maximum atomic E-state index is 10.2. The van der Waals surface area contributed by atoms with Gasteiger partial charge < -0.3 is 0 Å². The average Bonchev–Trinajstić information content (AvgIpc) is 2.57. The van der Waals surface area contributed by atoms with Gasteiger partial charge in [0.05, 0.1) is 14.5 Å². The largest absolute Gasteiger partial charge is 0.287 e. The van der Waals surface area contributed by atoms with Gasteiger partial charge in [0, 0.05) is 4.90 Å². The van der Waals surface area contributed by atoms with Crippen molar-refractivity contribution < 1.29 is 5.21 Å². The molecule has 1 N–H and O–H groups in total. The second-order valence-electron chi connectivity index (χ2n) is 4.55. The molecule has 1 aliphatic rings. The molecule has 0 aliphatic carbocycles. The topological polar surface area (TPSA) is 23.5 Å². The molecule has 2 rings (SSSR count). The van der Waals surface area contributed by atoms with Gasteiger partial charge in [0.2, 0.25) is 0 Å². The summed E-state index contributed by atoms with van der Waals surface area (Å²) in [7, 11) is -0.875. The second kappa shape index (κ2) is 11.5. The van der Waals surface area contributed by atoms with Crippen LogP contribution in [0.4, 0.5) is 5.69 Å². The molecular formula is C12H27NOS5Si. The van der Waals surface area contributed by atoms with E-state index in [1.54, 1.807) is 11.8 Å². The summed E-state index contributed by atoms with van der Waals surface area (Å²) in [6, 6.07) is 6.42. The van der Waals surface area contributed by atoms with E-state index >= 15 is 0 Å². The van der Waals surface area contributed by atoms with Gasteiger partial charge in [-0.05, 0) is 17.7 Å². The number of fused-ring (bicyclic) bond motifs is 1. The van der Waals surface area contributed by atoms with Crippen molar-refractivity contribution in [1.29, 1.82) is 0 Å². The molecule has 0 aromatic heterocycles. The molecule has 0 saturated heterocycles. The van der Waals surface area contributed by atoms with Gasteiger partial charge in [-0.25, -0.2) is 5.06 Å². The number of benzene rings is 1. The van der Waals surface area contributed by atoms with E-state index in [1.165, 1.54) is 15.1 Å². The van der Waals surface area contributed by atoms with Crippen LogP contribution in [0.15, 0.2) is 23.1 Å². The molecule has 8 heteroatoms. The van der Waals surface area contributed by atoms with E-state index in [0.717, 1.165) is 18.5 Å². The lowest BCUT2D eigenvalue weighted by atomic mass is 10.3. The predicted molar refractivity (Wildman–Crippen MR) is 115 cm³/mol. The normalized spacial score (nSPS) is 15.4. The summed E-state index contributed by atoms with van der Waals surface area (Å²) >= 11 is 1.80. The number of hydrogen-bond acceptors (Lipinski definition) is 3. The fraction of sp³-hybridized carbons (Fsp3) is 0.500. The molecule has 1 atom stereocenters. The number of thioether (sulfide) groups is 1. The van der Waals surface area contributed by atoms with Crippen molar-refractivity contribution >= 4 is 85.4 Å². The Morgan fingerprint density at radius 1 is 1.20 bits per heavy atom. The lowest BCUT2D eigenvalue weighted by molar-refractivity contribution is 0.244. The first-order valence-electron chi connectivity index (χ1n) is 5.92. The van der Waals surface area contributed by atoms with E-state index in [1.807, 2.05) is 0 Å². The van der Waals surface area contributed by atoms with Crippen LogP contribution < -0.4 is 10.2 Å². The SMILES string of the molecule is CCCC1Sc2cccc([SiH](C)C)c2N1O.S.S.S.S. The molecule has 1 aliphatic heterocycles. The highest BCUT2D eigenvalue weighted by Gasteiger charge is 2.31. The summed E-state index contributed by atoms with van der Waals surface area (Å²) < 4.78 is 0. The van der Waals surface area contributed by atoms with Crippen LogP contribution in [-0.2, 0) is 0 Å². The zero-order valence-corrected chi connectivity index (χ0v) is 18.1. The van der Waals surface area contributed by atoms with Crippen LogP contribution in [0.5, 0.6) is 0 Å². The molecule has 1 aromatic carbocycles. The highest BCUT2D eigenvalue weighted by Crippen LogP contribution is 2.42. The molecule has 2 nitrogen and oxygen atoms in total. The third kappa shape index (κ3) is 5.30. The van der Waals surface area contributed by atoms with Crippen LogP contribution >= 0.6 is 65.7 Å². The van der Waals surface area contributed by atoms with Gasteiger partial charge in [-0.3, -0.25) is 5.21 Å². The summed E-state index contributed by atoms with van der Waals surface area (Å²) in [6.45, 7) is 6.78. The third-order valence-corrected chi connectivity index (χ3v) is 5.95. The molecule has 1 aromatic rings. The second-order valence-corrected chi connectivity index (χ2v) is 8.71. The van der Waals surface area contributed by atoms with Crippen LogP contribution in [-0.4, -0.2) is 19.4 Å². The number of nitrogens with zero attached hydrogens (tertiary/aromatic N) is 1. The minimum absolute atomic E-state index is 0. The highest BCUT2D eigenvalue weighted by molar-refractivity contribution is 8.00. The first kappa shape index (κ1) is 25.9. The van der Waals surface area contributed by atoms with Crippen molar-refractivity contribution in [2.75, 3.05) is 5.06 Å². The lowest BCUT2D eigenvalue weighted by Gasteiger charge is -2.21. The smallest absolute Gasteiger partial charge is 0.106 e. The van der Waals surface area contributed by atoms with Crippen molar-refractivity contribution in [1.82, 2.24) is 0 Å². The van der Waals surface area contributed by atoms with Crippen molar-refractivity contribution in [2.45, 2.75) is 43.1 Å². The molecule has 0 saturated carbocycles. The molecule has 120 valence electrons. The van der Waals surface area contributed by atoms with Gasteiger partial charge in [0.15, 0.2) is 0 Å². The van der Waals surface area contributed by atoms with E-state index in [-0.39, 0.29) is 59.4 Å². The Bertz CT molecular complexity index is 394. The predicted octanol–water partition coefficient (Wildman–Crippen LogP) is 3.26. The Morgan fingerprint density at radius 3 is 2.30 bits per heavy atom. The summed E-state index contributed by atoms with van der Waals surface area (Å²) in [5, 5.41) is 13.3. The van der Waals surface area contributed by atoms with Gasteiger partial charge >= 0.3 is 0 Å². The summed E-state index contributed by atoms with van der Waals surface area (Å²) in [6.07, 6.45) is 2.14. The van der Waals surface area contributed by atoms with E-state index in [0.29, 0.717) is 0 Å². The fourth-order valence-corrected chi connectivity index (χ4v) is 4.88. The van der Waals surface area contributed by atoms with Gasteiger partial charge in [-0.1, -0.05) is 50.3 Å². The van der Waals surface area contributed by atoms with Crippen LogP contribution in [0.1, 0.15) is 19.8 Å². The average molecular weight is 390 g/mol. The van der Waals surface area contributed by atoms with Gasteiger partial charge in [-0.2, -0.15) is 54.0 Å². The number of rotatable bonds is 3. The Morgan fingerprint density at radius 2 is 1.80 bits per heavy atom. The highest BCUT2D eigenvalue weighted by atomic mass is 32.2. The van der Waals surface area contributed by atoms with Crippen LogP contribution in [0.25, 0.3) is 0 Å². The maximum Gasteiger partial charge on any atom is 0.106 e. The van der Waals surface area contributed by atoms with Crippen molar-refractivity contribution in [3.8, 4) is 0 Å².